The molecule has 0 aliphatic heterocycles. The Morgan fingerprint density at radius 3 is 2.91 bits per heavy atom. The molecule has 0 radical (unpaired) electrons. The van der Waals surface area contributed by atoms with E-state index in [2.05, 4.69) is 10.3 Å². The fourth-order valence-corrected chi connectivity index (χ4v) is 2.26. The van der Waals surface area contributed by atoms with Gasteiger partial charge < -0.3 is 4.57 Å². The summed E-state index contributed by atoms with van der Waals surface area (Å²) < 4.78 is 16.2. The van der Waals surface area contributed by atoms with Crippen molar-refractivity contribution in [3.63, 3.8) is 0 Å². The molecule has 3 rings (SSSR count). The zero-order chi connectivity index (χ0) is 15.7. The third-order valence-corrected chi connectivity index (χ3v) is 3.54. The lowest BCUT2D eigenvalue weighted by Gasteiger charge is -2.03. The van der Waals surface area contributed by atoms with E-state index in [1.165, 1.54) is 16.8 Å². The van der Waals surface area contributed by atoms with E-state index in [0.29, 0.717) is 23.5 Å². The summed E-state index contributed by atoms with van der Waals surface area (Å²) in [5.74, 6) is -0.489. The summed E-state index contributed by atoms with van der Waals surface area (Å²) in [6.45, 7) is 2.08. The van der Waals surface area contributed by atoms with Crippen LogP contribution in [0, 0.1) is 12.7 Å². The highest BCUT2D eigenvalue weighted by molar-refractivity contribution is 6.30. The molecule has 0 aliphatic rings. The van der Waals surface area contributed by atoms with E-state index in [1.807, 2.05) is 0 Å². The van der Waals surface area contributed by atoms with Crippen molar-refractivity contribution in [2.45, 2.75) is 13.5 Å². The van der Waals surface area contributed by atoms with Gasteiger partial charge in [0.05, 0.1) is 23.5 Å². The molecule has 2 aromatic heterocycles. The quantitative estimate of drug-likeness (QED) is 0.746. The van der Waals surface area contributed by atoms with Gasteiger partial charge in [-0.05, 0) is 31.2 Å². The molecule has 1 aromatic carbocycles. The molecule has 2 heterocycles. The van der Waals surface area contributed by atoms with Gasteiger partial charge in [0.15, 0.2) is 0 Å². The van der Waals surface area contributed by atoms with E-state index in [4.69, 9.17) is 11.6 Å². The van der Waals surface area contributed by atoms with E-state index in [0.717, 1.165) is 0 Å². The molecule has 5 nitrogen and oxygen atoms in total. The number of hydrogen-bond acceptors (Lipinski definition) is 3. The number of pyridine rings is 1. The van der Waals surface area contributed by atoms with E-state index in [1.54, 1.807) is 42.1 Å². The van der Waals surface area contributed by atoms with Crippen LogP contribution < -0.4 is 5.56 Å². The number of aryl methyl sites for hydroxylation is 1. The SMILES string of the molecule is Cc1cccn(Cc2cn(-c3ccc(F)c(Cl)c3)nn2)c1=O. The average molecular weight is 319 g/mol. The monoisotopic (exact) mass is 318 g/mol. The Kier molecular flexibility index (Phi) is 3.77. The normalized spacial score (nSPS) is 10.9. The fourth-order valence-electron chi connectivity index (χ4n) is 2.08. The summed E-state index contributed by atoms with van der Waals surface area (Å²) in [4.78, 5) is 12.0. The number of benzene rings is 1. The first-order valence-corrected chi connectivity index (χ1v) is 6.95. The Balaban J connectivity index is 1.89. The molecule has 0 N–H and O–H groups in total. The first kappa shape index (κ1) is 14.5. The van der Waals surface area contributed by atoms with Gasteiger partial charge in [-0.3, -0.25) is 4.79 Å². The Morgan fingerprint density at radius 1 is 1.32 bits per heavy atom. The number of hydrogen-bond donors (Lipinski definition) is 0. The van der Waals surface area contributed by atoms with Gasteiger partial charge in [-0.2, -0.15) is 0 Å². The van der Waals surface area contributed by atoms with Crippen LogP contribution in [0.3, 0.4) is 0 Å². The average Bonchev–Trinajstić information content (AvgIpc) is 2.95. The zero-order valence-electron chi connectivity index (χ0n) is 11.7. The highest BCUT2D eigenvalue weighted by Gasteiger charge is 2.07. The van der Waals surface area contributed by atoms with Crippen LogP contribution in [0.4, 0.5) is 4.39 Å². The Hall–Kier alpha value is -2.47. The highest BCUT2D eigenvalue weighted by atomic mass is 35.5. The number of nitrogens with zero attached hydrogens (tertiary/aromatic N) is 4. The summed E-state index contributed by atoms with van der Waals surface area (Å²) in [7, 11) is 0. The van der Waals surface area contributed by atoms with Gasteiger partial charge in [-0.15, -0.1) is 5.10 Å². The lowest BCUT2D eigenvalue weighted by Crippen LogP contribution is -2.21. The van der Waals surface area contributed by atoms with Crippen LogP contribution in [-0.2, 0) is 6.54 Å². The predicted octanol–water partition coefficient (Wildman–Crippen LogP) is 2.58. The Morgan fingerprint density at radius 2 is 2.14 bits per heavy atom. The third-order valence-electron chi connectivity index (χ3n) is 3.25. The molecule has 0 aliphatic carbocycles. The second kappa shape index (κ2) is 5.73. The van der Waals surface area contributed by atoms with Crippen LogP contribution in [0.2, 0.25) is 5.02 Å². The smallest absolute Gasteiger partial charge is 0.253 e. The van der Waals surface area contributed by atoms with E-state index in [9.17, 15) is 9.18 Å². The summed E-state index contributed by atoms with van der Waals surface area (Å²) in [5.41, 5.74) is 1.82. The highest BCUT2D eigenvalue weighted by Crippen LogP contribution is 2.18. The third kappa shape index (κ3) is 2.78. The molecule has 0 saturated heterocycles. The summed E-state index contributed by atoms with van der Waals surface area (Å²) in [6.07, 6.45) is 3.38. The van der Waals surface area contributed by atoms with Gasteiger partial charge >= 0.3 is 0 Å². The first-order valence-electron chi connectivity index (χ1n) is 6.57. The second-order valence-corrected chi connectivity index (χ2v) is 5.28. The van der Waals surface area contributed by atoms with Crippen molar-refractivity contribution >= 4 is 11.6 Å². The largest absolute Gasteiger partial charge is 0.309 e. The van der Waals surface area contributed by atoms with Crippen molar-refractivity contribution in [3.05, 3.63) is 75.2 Å². The molecule has 7 heteroatoms. The van der Waals surface area contributed by atoms with Crippen LogP contribution in [0.25, 0.3) is 5.69 Å². The van der Waals surface area contributed by atoms with Crippen LogP contribution in [0.1, 0.15) is 11.3 Å². The van der Waals surface area contributed by atoms with Gasteiger partial charge in [0.2, 0.25) is 0 Å². The van der Waals surface area contributed by atoms with Gasteiger partial charge in [-0.1, -0.05) is 22.9 Å². The van der Waals surface area contributed by atoms with Crippen LogP contribution >= 0.6 is 11.6 Å². The van der Waals surface area contributed by atoms with Gasteiger partial charge in [0.1, 0.15) is 11.5 Å². The van der Waals surface area contributed by atoms with Crippen molar-refractivity contribution in [1.29, 1.82) is 0 Å². The standard InChI is InChI=1S/C15H12ClFN4O/c1-10-3-2-6-20(15(10)22)8-11-9-21(19-18-11)12-4-5-14(17)13(16)7-12/h2-7,9H,8H2,1H3. The Labute approximate surface area is 130 Å². The Bertz CT molecular complexity index is 887. The minimum absolute atomic E-state index is 0.0180. The molecular weight excluding hydrogens is 307 g/mol. The van der Waals surface area contributed by atoms with Crippen molar-refractivity contribution < 1.29 is 4.39 Å². The molecule has 0 unspecified atom stereocenters. The molecular formula is C15H12ClFN4O. The molecule has 0 saturated carbocycles. The number of aromatic nitrogens is 4. The molecule has 0 atom stereocenters. The topological polar surface area (TPSA) is 52.7 Å². The molecule has 0 amide bonds. The van der Waals surface area contributed by atoms with Crippen molar-refractivity contribution in [1.82, 2.24) is 19.6 Å². The minimum atomic E-state index is -0.489. The lowest BCUT2D eigenvalue weighted by molar-refractivity contribution is 0.627. The summed E-state index contributed by atoms with van der Waals surface area (Å²) in [6, 6.07) is 7.86. The molecule has 0 spiro atoms. The maximum atomic E-state index is 13.2. The maximum Gasteiger partial charge on any atom is 0.253 e. The fraction of sp³-hybridized carbons (Fsp3) is 0.133. The van der Waals surface area contributed by atoms with Crippen molar-refractivity contribution in [2.75, 3.05) is 0 Å². The van der Waals surface area contributed by atoms with Gasteiger partial charge in [0, 0.05) is 11.8 Å². The van der Waals surface area contributed by atoms with Crippen LogP contribution in [-0.4, -0.2) is 19.6 Å². The maximum absolute atomic E-state index is 13.2. The van der Waals surface area contributed by atoms with E-state index >= 15 is 0 Å². The predicted molar refractivity (Wildman–Crippen MR) is 80.9 cm³/mol. The van der Waals surface area contributed by atoms with Crippen LogP contribution in [0.5, 0.6) is 0 Å². The van der Waals surface area contributed by atoms with E-state index in [-0.39, 0.29) is 10.6 Å². The molecule has 112 valence electrons. The number of halogens is 2. The molecule has 22 heavy (non-hydrogen) atoms. The van der Waals surface area contributed by atoms with Crippen molar-refractivity contribution in [2.24, 2.45) is 0 Å². The van der Waals surface area contributed by atoms with E-state index < -0.39 is 5.82 Å². The van der Waals surface area contributed by atoms with Gasteiger partial charge in [0.25, 0.3) is 5.56 Å². The minimum Gasteiger partial charge on any atom is -0.309 e. The lowest BCUT2D eigenvalue weighted by atomic mass is 10.3. The summed E-state index contributed by atoms with van der Waals surface area (Å²) >= 11 is 5.76. The molecule has 0 bridgehead atoms. The zero-order valence-corrected chi connectivity index (χ0v) is 12.5. The molecule has 3 aromatic rings. The second-order valence-electron chi connectivity index (χ2n) is 4.88. The first-order chi connectivity index (χ1) is 10.5. The summed E-state index contributed by atoms with van der Waals surface area (Å²) in [5, 5.41) is 8.02. The molecule has 0 fully saturated rings. The van der Waals surface area contributed by atoms with Crippen molar-refractivity contribution in [3.8, 4) is 5.69 Å². The van der Waals surface area contributed by atoms with Crippen LogP contribution in [0.15, 0.2) is 47.5 Å². The van der Waals surface area contributed by atoms with Gasteiger partial charge in [-0.25, -0.2) is 9.07 Å². The number of rotatable bonds is 3.